The molecule has 0 spiro atoms. The second kappa shape index (κ2) is 7.83. The number of hydrogen-bond acceptors (Lipinski definition) is 5. The van der Waals surface area contributed by atoms with E-state index in [1.807, 2.05) is 31.4 Å². The zero-order chi connectivity index (χ0) is 20.5. The molecule has 0 saturated carbocycles. The van der Waals surface area contributed by atoms with Gasteiger partial charge < -0.3 is 0 Å². The average molecular weight is 416 g/mol. The molecule has 3 rings (SSSR count). The molecule has 28 heavy (non-hydrogen) atoms. The van der Waals surface area contributed by atoms with Crippen molar-refractivity contribution in [1.82, 2.24) is 9.29 Å². The number of aromatic nitrogens is 1. The highest BCUT2D eigenvalue weighted by molar-refractivity contribution is 7.89. The van der Waals surface area contributed by atoms with Crippen molar-refractivity contribution in [3.05, 3.63) is 64.5 Å². The molecule has 0 saturated heterocycles. The predicted molar refractivity (Wildman–Crippen MR) is 112 cm³/mol. The summed E-state index contributed by atoms with van der Waals surface area (Å²) in [6.45, 7) is 4.05. The molecule has 1 N–H and O–H groups in total. The van der Waals surface area contributed by atoms with E-state index in [0.29, 0.717) is 10.7 Å². The Bertz CT molecular complexity index is 1120. The van der Waals surface area contributed by atoms with Gasteiger partial charge in [-0.3, -0.25) is 10.1 Å². The SMILES string of the molecule is Cc1ccc(C)c(-c2csc(NC(=O)c3ccc(S(=O)(=O)N(C)C)cc3)n2)c1. The summed E-state index contributed by atoms with van der Waals surface area (Å²) in [5.41, 5.74) is 4.48. The van der Waals surface area contributed by atoms with Crippen LogP contribution in [0.2, 0.25) is 0 Å². The van der Waals surface area contributed by atoms with Gasteiger partial charge in [-0.05, 0) is 49.7 Å². The first-order valence-electron chi connectivity index (χ1n) is 8.55. The summed E-state index contributed by atoms with van der Waals surface area (Å²) in [5, 5.41) is 5.17. The molecular formula is C20H21N3O3S2. The number of thiazole rings is 1. The molecule has 1 amide bonds. The molecule has 0 aliphatic rings. The summed E-state index contributed by atoms with van der Waals surface area (Å²) >= 11 is 1.35. The summed E-state index contributed by atoms with van der Waals surface area (Å²) in [5.74, 6) is -0.337. The van der Waals surface area contributed by atoms with Gasteiger partial charge in [-0.25, -0.2) is 17.7 Å². The van der Waals surface area contributed by atoms with Crippen LogP contribution in [0, 0.1) is 13.8 Å². The Morgan fingerprint density at radius 1 is 1.07 bits per heavy atom. The smallest absolute Gasteiger partial charge is 0.257 e. The number of nitrogens with zero attached hydrogens (tertiary/aromatic N) is 2. The number of carbonyl (C=O) groups is 1. The van der Waals surface area contributed by atoms with Crippen molar-refractivity contribution in [2.24, 2.45) is 0 Å². The van der Waals surface area contributed by atoms with Crippen LogP contribution in [-0.2, 0) is 10.0 Å². The van der Waals surface area contributed by atoms with Crippen LogP contribution < -0.4 is 5.32 Å². The van der Waals surface area contributed by atoms with Crippen molar-refractivity contribution < 1.29 is 13.2 Å². The fraction of sp³-hybridized carbons (Fsp3) is 0.200. The molecule has 3 aromatic rings. The Balaban J connectivity index is 1.77. The van der Waals surface area contributed by atoms with Crippen LogP contribution in [0.3, 0.4) is 0 Å². The van der Waals surface area contributed by atoms with Crippen LogP contribution in [0.1, 0.15) is 21.5 Å². The van der Waals surface area contributed by atoms with Gasteiger partial charge in [0.2, 0.25) is 10.0 Å². The minimum absolute atomic E-state index is 0.139. The van der Waals surface area contributed by atoms with Crippen LogP contribution in [0.5, 0.6) is 0 Å². The number of carbonyl (C=O) groups excluding carboxylic acids is 1. The maximum absolute atomic E-state index is 12.5. The fourth-order valence-electron chi connectivity index (χ4n) is 2.63. The van der Waals surface area contributed by atoms with Gasteiger partial charge in [0.25, 0.3) is 5.91 Å². The fourth-order valence-corrected chi connectivity index (χ4v) is 4.23. The molecule has 6 nitrogen and oxygen atoms in total. The van der Waals surface area contributed by atoms with Crippen molar-refractivity contribution in [2.45, 2.75) is 18.7 Å². The number of hydrogen-bond donors (Lipinski definition) is 1. The second-order valence-electron chi connectivity index (χ2n) is 6.62. The van der Waals surface area contributed by atoms with Gasteiger partial charge in [-0.1, -0.05) is 17.7 Å². The molecule has 0 aliphatic heterocycles. The minimum atomic E-state index is -3.52. The third-order valence-corrected chi connectivity index (χ3v) is 6.88. The van der Waals surface area contributed by atoms with E-state index in [2.05, 4.69) is 16.4 Å². The van der Waals surface area contributed by atoms with Gasteiger partial charge in [-0.15, -0.1) is 11.3 Å². The zero-order valence-electron chi connectivity index (χ0n) is 16.1. The predicted octanol–water partition coefficient (Wildman–Crippen LogP) is 3.93. The first-order chi connectivity index (χ1) is 13.2. The van der Waals surface area contributed by atoms with Gasteiger partial charge in [0.05, 0.1) is 10.6 Å². The lowest BCUT2D eigenvalue weighted by molar-refractivity contribution is 0.102. The highest BCUT2D eigenvalue weighted by Gasteiger charge is 2.18. The van der Waals surface area contributed by atoms with E-state index >= 15 is 0 Å². The summed E-state index contributed by atoms with van der Waals surface area (Å²) in [7, 11) is -0.593. The molecule has 0 aliphatic carbocycles. The zero-order valence-corrected chi connectivity index (χ0v) is 17.7. The Labute approximate surface area is 168 Å². The highest BCUT2D eigenvalue weighted by atomic mass is 32.2. The van der Waals surface area contributed by atoms with Crippen LogP contribution in [0.4, 0.5) is 5.13 Å². The van der Waals surface area contributed by atoms with Crippen LogP contribution in [0.25, 0.3) is 11.3 Å². The van der Waals surface area contributed by atoms with Gasteiger partial charge in [-0.2, -0.15) is 0 Å². The second-order valence-corrected chi connectivity index (χ2v) is 9.63. The topological polar surface area (TPSA) is 79.4 Å². The third kappa shape index (κ3) is 4.14. The molecule has 146 valence electrons. The number of amides is 1. The van der Waals surface area contributed by atoms with Crippen molar-refractivity contribution in [1.29, 1.82) is 0 Å². The molecule has 0 atom stereocenters. The number of benzene rings is 2. The van der Waals surface area contributed by atoms with Crippen LogP contribution in [-0.4, -0.2) is 37.7 Å². The van der Waals surface area contributed by atoms with E-state index in [1.165, 1.54) is 49.7 Å². The lowest BCUT2D eigenvalue weighted by Crippen LogP contribution is -2.22. The summed E-state index contributed by atoms with van der Waals surface area (Å²) < 4.78 is 25.4. The maximum atomic E-state index is 12.5. The Morgan fingerprint density at radius 2 is 1.75 bits per heavy atom. The number of sulfonamides is 1. The molecule has 1 heterocycles. The van der Waals surface area contributed by atoms with E-state index in [9.17, 15) is 13.2 Å². The van der Waals surface area contributed by atoms with Crippen molar-refractivity contribution in [2.75, 3.05) is 19.4 Å². The first kappa shape index (κ1) is 20.2. The maximum Gasteiger partial charge on any atom is 0.257 e. The quantitative estimate of drug-likeness (QED) is 0.685. The molecular weight excluding hydrogens is 394 g/mol. The number of aryl methyl sites for hydroxylation is 2. The Kier molecular flexibility index (Phi) is 5.64. The van der Waals surface area contributed by atoms with Crippen molar-refractivity contribution in [3.63, 3.8) is 0 Å². The Hall–Kier alpha value is -2.55. The molecule has 8 heteroatoms. The van der Waals surface area contributed by atoms with E-state index < -0.39 is 10.0 Å². The monoisotopic (exact) mass is 415 g/mol. The lowest BCUT2D eigenvalue weighted by atomic mass is 10.0. The minimum Gasteiger partial charge on any atom is -0.298 e. The molecule has 0 radical (unpaired) electrons. The van der Waals surface area contributed by atoms with Crippen molar-refractivity contribution >= 4 is 32.4 Å². The largest absolute Gasteiger partial charge is 0.298 e. The van der Waals surface area contributed by atoms with E-state index in [4.69, 9.17) is 0 Å². The number of rotatable bonds is 5. The molecule has 0 unspecified atom stereocenters. The highest BCUT2D eigenvalue weighted by Crippen LogP contribution is 2.28. The van der Waals surface area contributed by atoms with Crippen LogP contribution >= 0.6 is 11.3 Å². The molecule has 2 aromatic carbocycles. The van der Waals surface area contributed by atoms with Gasteiger partial charge in [0.15, 0.2) is 5.13 Å². The molecule has 1 aromatic heterocycles. The number of nitrogens with one attached hydrogen (secondary N) is 1. The summed E-state index contributed by atoms with van der Waals surface area (Å²) in [6.07, 6.45) is 0. The lowest BCUT2D eigenvalue weighted by Gasteiger charge is -2.11. The van der Waals surface area contributed by atoms with Gasteiger partial charge in [0, 0.05) is 30.6 Å². The normalized spacial score (nSPS) is 11.6. The van der Waals surface area contributed by atoms with Crippen molar-refractivity contribution in [3.8, 4) is 11.3 Å². The van der Waals surface area contributed by atoms with E-state index in [-0.39, 0.29) is 10.8 Å². The van der Waals surface area contributed by atoms with Gasteiger partial charge in [0.1, 0.15) is 0 Å². The van der Waals surface area contributed by atoms with E-state index in [1.54, 1.807) is 0 Å². The number of anilines is 1. The molecule has 0 fully saturated rings. The van der Waals surface area contributed by atoms with Crippen LogP contribution in [0.15, 0.2) is 52.7 Å². The molecule has 0 bridgehead atoms. The third-order valence-electron chi connectivity index (χ3n) is 4.29. The van der Waals surface area contributed by atoms with Gasteiger partial charge >= 0.3 is 0 Å². The summed E-state index contributed by atoms with van der Waals surface area (Å²) in [4.78, 5) is 17.1. The first-order valence-corrected chi connectivity index (χ1v) is 10.9. The standard InChI is InChI=1S/C20H21N3O3S2/c1-13-5-6-14(2)17(11-13)18-12-27-20(21-18)22-19(24)15-7-9-16(10-8-15)28(25,26)23(3)4/h5-12H,1-4H3,(H,21,22,24). The average Bonchev–Trinajstić information content (AvgIpc) is 3.11. The Morgan fingerprint density at radius 3 is 2.39 bits per heavy atom. The van der Waals surface area contributed by atoms with E-state index in [0.717, 1.165) is 26.7 Å². The summed E-state index contributed by atoms with van der Waals surface area (Å²) in [6, 6.07) is 12.0.